The van der Waals surface area contributed by atoms with Crippen LogP contribution in [-0.4, -0.2) is 39.1 Å². The highest BCUT2D eigenvalue weighted by Gasteiger charge is 2.38. The summed E-state index contributed by atoms with van der Waals surface area (Å²) in [5, 5.41) is 6.99. The molecule has 1 aliphatic carbocycles. The second kappa shape index (κ2) is 5.87. The third kappa shape index (κ3) is 2.94. The van der Waals surface area contributed by atoms with Gasteiger partial charge < -0.3 is 10.2 Å². The number of hydrogen-bond donors (Lipinski definition) is 1. The van der Waals surface area contributed by atoms with E-state index in [9.17, 15) is 9.59 Å². The van der Waals surface area contributed by atoms with Crippen LogP contribution in [-0.2, 0) is 23.2 Å². The monoisotopic (exact) mass is 290 g/mol. The molecule has 0 aromatic carbocycles. The van der Waals surface area contributed by atoms with Crippen molar-refractivity contribution in [3.8, 4) is 0 Å². The highest BCUT2D eigenvalue weighted by molar-refractivity contribution is 5.89. The molecule has 0 bridgehead atoms. The average Bonchev–Trinajstić information content (AvgIpc) is 3.17. The zero-order valence-corrected chi connectivity index (χ0v) is 12.4. The number of carbonyl (C=O) groups is 2. The van der Waals surface area contributed by atoms with Crippen molar-refractivity contribution in [3.05, 3.63) is 18.0 Å². The summed E-state index contributed by atoms with van der Waals surface area (Å²) in [7, 11) is 1.85. The smallest absolute Gasteiger partial charge is 0.225 e. The second-order valence-corrected chi connectivity index (χ2v) is 6.05. The van der Waals surface area contributed by atoms with E-state index in [1.54, 1.807) is 10.9 Å². The summed E-state index contributed by atoms with van der Waals surface area (Å²) >= 11 is 0. The third-order valence-corrected chi connectivity index (χ3v) is 4.66. The van der Waals surface area contributed by atoms with Gasteiger partial charge in [0.15, 0.2) is 0 Å². The summed E-state index contributed by atoms with van der Waals surface area (Å²) < 4.78 is 1.74. The molecule has 2 heterocycles. The molecule has 1 aromatic heterocycles. The van der Waals surface area contributed by atoms with Crippen LogP contribution in [0.1, 0.15) is 37.8 Å². The zero-order chi connectivity index (χ0) is 14.8. The van der Waals surface area contributed by atoms with E-state index in [1.807, 2.05) is 18.0 Å². The molecule has 1 saturated heterocycles. The SMILES string of the molecule is Cn1nccc1CNC(=O)[C@@H]1CC(=O)N(C2CCCC2)C1. The lowest BCUT2D eigenvalue weighted by Crippen LogP contribution is -2.37. The maximum Gasteiger partial charge on any atom is 0.225 e. The van der Waals surface area contributed by atoms with Gasteiger partial charge in [0, 0.05) is 32.3 Å². The topological polar surface area (TPSA) is 67.2 Å². The van der Waals surface area contributed by atoms with Crippen molar-refractivity contribution in [1.29, 1.82) is 0 Å². The van der Waals surface area contributed by atoms with Gasteiger partial charge in [-0.2, -0.15) is 5.10 Å². The minimum atomic E-state index is -0.202. The summed E-state index contributed by atoms with van der Waals surface area (Å²) in [6.45, 7) is 1.05. The molecular weight excluding hydrogens is 268 g/mol. The molecule has 0 radical (unpaired) electrons. The number of aryl methyl sites for hydroxylation is 1. The summed E-state index contributed by atoms with van der Waals surface area (Å²) in [6.07, 6.45) is 6.65. The van der Waals surface area contributed by atoms with Gasteiger partial charge in [0.2, 0.25) is 11.8 Å². The molecule has 2 aliphatic rings. The van der Waals surface area contributed by atoms with Gasteiger partial charge in [-0.25, -0.2) is 0 Å². The maximum atomic E-state index is 12.2. The quantitative estimate of drug-likeness (QED) is 0.893. The van der Waals surface area contributed by atoms with E-state index >= 15 is 0 Å². The molecule has 1 saturated carbocycles. The Hall–Kier alpha value is -1.85. The van der Waals surface area contributed by atoms with Crippen molar-refractivity contribution in [1.82, 2.24) is 20.0 Å². The van der Waals surface area contributed by atoms with Crippen LogP contribution < -0.4 is 5.32 Å². The number of aromatic nitrogens is 2. The van der Waals surface area contributed by atoms with Gasteiger partial charge >= 0.3 is 0 Å². The fourth-order valence-corrected chi connectivity index (χ4v) is 3.37. The van der Waals surface area contributed by atoms with Crippen molar-refractivity contribution in [2.75, 3.05) is 6.54 Å². The molecule has 1 aromatic rings. The van der Waals surface area contributed by atoms with Crippen LogP contribution in [0.2, 0.25) is 0 Å². The minimum Gasteiger partial charge on any atom is -0.350 e. The molecule has 1 aliphatic heterocycles. The van der Waals surface area contributed by atoms with E-state index < -0.39 is 0 Å². The van der Waals surface area contributed by atoms with Crippen LogP contribution in [0.3, 0.4) is 0 Å². The first kappa shape index (κ1) is 14.1. The van der Waals surface area contributed by atoms with Crippen molar-refractivity contribution in [3.63, 3.8) is 0 Å². The Morgan fingerprint density at radius 2 is 2.19 bits per heavy atom. The van der Waals surface area contributed by atoms with E-state index in [-0.39, 0.29) is 17.7 Å². The lowest BCUT2D eigenvalue weighted by atomic mass is 10.1. The van der Waals surface area contributed by atoms with Gasteiger partial charge in [-0.15, -0.1) is 0 Å². The van der Waals surface area contributed by atoms with Gasteiger partial charge in [-0.05, 0) is 18.9 Å². The number of hydrogen-bond acceptors (Lipinski definition) is 3. The van der Waals surface area contributed by atoms with Crippen molar-refractivity contribution < 1.29 is 9.59 Å². The lowest BCUT2D eigenvalue weighted by Gasteiger charge is -2.23. The predicted octanol–water partition coefficient (Wildman–Crippen LogP) is 0.827. The van der Waals surface area contributed by atoms with Crippen molar-refractivity contribution in [2.24, 2.45) is 13.0 Å². The number of nitrogens with one attached hydrogen (secondary N) is 1. The van der Waals surface area contributed by atoms with E-state index in [1.165, 1.54) is 12.8 Å². The molecule has 0 spiro atoms. The number of likely N-dealkylation sites (tertiary alicyclic amines) is 1. The van der Waals surface area contributed by atoms with Crippen LogP contribution >= 0.6 is 0 Å². The molecular formula is C15H22N4O2. The molecule has 2 fully saturated rings. The lowest BCUT2D eigenvalue weighted by molar-refractivity contribution is -0.130. The van der Waals surface area contributed by atoms with E-state index in [4.69, 9.17) is 0 Å². The molecule has 6 nitrogen and oxygen atoms in total. The molecule has 3 rings (SSSR count). The van der Waals surface area contributed by atoms with Gasteiger partial charge in [0.1, 0.15) is 0 Å². The summed E-state index contributed by atoms with van der Waals surface area (Å²) in [5.74, 6) is -0.0843. The Balaban J connectivity index is 1.54. The summed E-state index contributed by atoms with van der Waals surface area (Å²) in [4.78, 5) is 26.3. The van der Waals surface area contributed by atoms with Crippen LogP contribution in [0.15, 0.2) is 12.3 Å². The van der Waals surface area contributed by atoms with Gasteiger partial charge in [0.25, 0.3) is 0 Å². The highest BCUT2D eigenvalue weighted by Crippen LogP contribution is 2.29. The van der Waals surface area contributed by atoms with Crippen LogP contribution in [0.4, 0.5) is 0 Å². The molecule has 1 N–H and O–H groups in total. The summed E-state index contributed by atoms with van der Waals surface area (Å²) in [5.41, 5.74) is 0.959. The summed E-state index contributed by atoms with van der Waals surface area (Å²) in [6, 6.07) is 2.25. The molecule has 0 unspecified atom stereocenters. The third-order valence-electron chi connectivity index (χ3n) is 4.66. The fourth-order valence-electron chi connectivity index (χ4n) is 3.37. The largest absolute Gasteiger partial charge is 0.350 e. The predicted molar refractivity (Wildman–Crippen MR) is 77.1 cm³/mol. The Kier molecular flexibility index (Phi) is 3.94. The van der Waals surface area contributed by atoms with Crippen molar-refractivity contribution in [2.45, 2.75) is 44.7 Å². The number of nitrogens with zero attached hydrogens (tertiary/aromatic N) is 3. The first-order chi connectivity index (χ1) is 10.1. The van der Waals surface area contributed by atoms with Gasteiger partial charge in [0.05, 0.1) is 18.2 Å². The molecule has 1 atom stereocenters. The number of rotatable bonds is 4. The first-order valence-electron chi connectivity index (χ1n) is 7.69. The highest BCUT2D eigenvalue weighted by atomic mass is 16.2. The number of carbonyl (C=O) groups excluding carboxylic acids is 2. The second-order valence-electron chi connectivity index (χ2n) is 6.05. The normalized spacial score (nSPS) is 23.0. The van der Waals surface area contributed by atoms with Gasteiger partial charge in [-0.1, -0.05) is 12.8 Å². The Labute approximate surface area is 124 Å². The van der Waals surface area contributed by atoms with Crippen LogP contribution in [0.5, 0.6) is 0 Å². The zero-order valence-electron chi connectivity index (χ0n) is 12.4. The van der Waals surface area contributed by atoms with Gasteiger partial charge in [-0.3, -0.25) is 14.3 Å². The van der Waals surface area contributed by atoms with Crippen molar-refractivity contribution >= 4 is 11.8 Å². The van der Waals surface area contributed by atoms with E-state index in [0.29, 0.717) is 25.6 Å². The molecule has 6 heteroatoms. The molecule has 2 amide bonds. The Morgan fingerprint density at radius 3 is 2.86 bits per heavy atom. The Morgan fingerprint density at radius 1 is 1.43 bits per heavy atom. The minimum absolute atomic E-state index is 0.0231. The van der Waals surface area contributed by atoms with Crippen LogP contribution in [0, 0.1) is 5.92 Å². The number of amides is 2. The Bertz CT molecular complexity index is 534. The first-order valence-corrected chi connectivity index (χ1v) is 7.69. The van der Waals surface area contributed by atoms with E-state index in [0.717, 1.165) is 18.5 Å². The maximum absolute atomic E-state index is 12.2. The molecule has 21 heavy (non-hydrogen) atoms. The average molecular weight is 290 g/mol. The van der Waals surface area contributed by atoms with E-state index in [2.05, 4.69) is 10.4 Å². The van der Waals surface area contributed by atoms with Crippen LogP contribution in [0.25, 0.3) is 0 Å². The standard InChI is InChI=1S/C15H22N4O2/c1-18-13(6-7-17-18)9-16-15(21)11-8-14(20)19(10-11)12-4-2-3-5-12/h6-7,11-12H,2-5,8-10H2,1H3,(H,16,21)/t11-/m1/s1. The molecule has 114 valence electrons. The fraction of sp³-hybridized carbons (Fsp3) is 0.667.